The summed E-state index contributed by atoms with van der Waals surface area (Å²) in [6, 6.07) is 7.54. The van der Waals surface area contributed by atoms with Gasteiger partial charge in [-0.25, -0.2) is 0 Å². The van der Waals surface area contributed by atoms with E-state index in [0.29, 0.717) is 0 Å². The van der Waals surface area contributed by atoms with Crippen molar-refractivity contribution in [2.45, 2.75) is 33.6 Å². The van der Waals surface area contributed by atoms with Crippen LogP contribution in [-0.4, -0.2) is 21.9 Å². The minimum Gasteiger partial charge on any atom is -0.330 e. The first-order chi connectivity index (χ1) is 13.2. The van der Waals surface area contributed by atoms with Gasteiger partial charge < -0.3 is 5.32 Å². The summed E-state index contributed by atoms with van der Waals surface area (Å²) < 4.78 is 0.848. The average Bonchev–Trinajstić information content (AvgIpc) is 2.91. The molecule has 0 spiro atoms. The maximum Gasteiger partial charge on any atom is 0.253 e. The SMILES string of the molecule is CC(C)C12C=CC(C)(CC1)C1C(=O)N(NC(=S)Nc3ccccc3Br)C(=O)C12. The van der Waals surface area contributed by atoms with Crippen LogP contribution < -0.4 is 10.7 Å². The van der Waals surface area contributed by atoms with Gasteiger partial charge in [0, 0.05) is 9.89 Å². The fourth-order valence-electron chi connectivity index (χ4n) is 5.16. The second-order valence-corrected chi connectivity index (χ2v) is 9.88. The summed E-state index contributed by atoms with van der Waals surface area (Å²) in [5.74, 6) is -0.733. The number of allylic oxidation sites excluding steroid dienone is 2. The van der Waals surface area contributed by atoms with Crippen molar-refractivity contribution in [1.29, 1.82) is 0 Å². The number of imide groups is 1. The Labute approximate surface area is 179 Å². The molecule has 7 heteroatoms. The summed E-state index contributed by atoms with van der Waals surface area (Å²) in [7, 11) is 0. The highest BCUT2D eigenvalue weighted by Gasteiger charge is 2.67. The van der Waals surface area contributed by atoms with Crippen LogP contribution in [0.4, 0.5) is 5.69 Å². The number of nitrogens with one attached hydrogen (secondary N) is 2. The van der Waals surface area contributed by atoms with Crippen molar-refractivity contribution >= 4 is 50.8 Å². The van der Waals surface area contributed by atoms with Crippen LogP contribution in [0.2, 0.25) is 0 Å². The second-order valence-electron chi connectivity index (χ2n) is 8.62. The van der Waals surface area contributed by atoms with E-state index in [1.165, 1.54) is 0 Å². The zero-order valence-corrected chi connectivity index (χ0v) is 18.6. The molecule has 2 N–H and O–H groups in total. The number of hydrogen-bond acceptors (Lipinski definition) is 3. The Morgan fingerprint density at radius 1 is 1.18 bits per heavy atom. The number of hydrogen-bond donors (Lipinski definition) is 2. The Kier molecular flexibility index (Phi) is 4.66. The van der Waals surface area contributed by atoms with E-state index >= 15 is 0 Å². The molecule has 1 saturated heterocycles. The van der Waals surface area contributed by atoms with Crippen molar-refractivity contribution in [3.05, 3.63) is 40.9 Å². The number of fused-ring (bicyclic) bond motifs is 1. The largest absolute Gasteiger partial charge is 0.330 e. The quantitative estimate of drug-likeness (QED) is 0.399. The number of thiocarbonyl (C=S) groups is 1. The first-order valence-corrected chi connectivity index (χ1v) is 10.8. The molecule has 148 valence electrons. The Bertz CT molecular complexity index is 901. The van der Waals surface area contributed by atoms with Gasteiger partial charge in [-0.05, 0) is 64.5 Å². The van der Waals surface area contributed by atoms with Gasteiger partial charge in [-0.2, -0.15) is 5.01 Å². The van der Waals surface area contributed by atoms with Gasteiger partial charge in [0.05, 0.1) is 17.5 Å². The molecule has 28 heavy (non-hydrogen) atoms. The summed E-state index contributed by atoms with van der Waals surface area (Å²) in [6.45, 7) is 6.38. The van der Waals surface area contributed by atoms with Crippen molar-refractivity contribution in [2.75, 3.05) is 5.32 Å². The smallest absolute Gasteiger partial charge is 0.253 e. The van der Waals surface area contributed by atoms with Gasteiger partial charge in [0.1, 0.15) is 0 Å². The molecule has 4 unspecified atom stereocenters. The molecule has 0 aromatic heterocycles. The summed E-state index contributed by atoms with van der Waals surface area (Å²) >= 11 is 8.84. The average molecular weight is 462 g/mol. The number of rotatable bonds is 3. The minimum absolute atomic E-state index is 0.171. The molecule has 5 rings (SSSR count). The van der Waals surface area contributed by atoms with Crippen LogP contribution >= 0.6 is 28.1 Å². The molecular weight excluding hydrogens is 438 g/mol. The molecule has 2 amide bonds. The van der Waals surface area contributed by atoms with Gasteiger partial charge in [0.2, 0.25) is 0 Å². The molecule has 4 atom stereocenters. The Hall–Kier alpha value is -1.73. The third-order valence-corrected chi connectivity index (χ3v) is 7.76. The predicted molar refractivity (Wildman–Crippen MR) is 116 cm³/mol. The summed E-state index contributed by atoms with van der Waals surface area (Å²) in [6.07, 6.45) is 6.24. The van der Waals surface area contributed by atoms with Gasteiger partial charge in [-0.1, -0.05) is 45.1 Å². The number of carbonyl (C=O) groups is 2. The molecule has 3 aliphatic carbocycles. The number of para-hydroxylation sites is 1. The third-order valence-electron chi connectivity index (χ3n) is 6.88. The zero-order chi connectivity index (χ0) is 20.3. The van der Waals surface area contributed by atoms with Crippen LogP contribution in [0.3, 0.4) is 0 Å². The lowest BCUT2D eigenvalue weighted by Gasteiger charge is -2.55. The molecule has 0 radical (unpaired) electrons. The highest BCUT2D eigenvalue weighted by Crippen LogP contribution is 2.63. The highest BCUT2D eigenvalue weighted by atomic mass is 79.9. The van der Waals surface area contributed by atoms with E-state index in [2.05, 4.69) is 59.6 Å². The fourth-order valence-corrected chi connectivity index (χ4v) is 5.74. The van der Waals surface area contributed by atoms with Crippen LogP contribution in [0.15, 0.2) is 40.9 Å². The van der Waals surface area contributed by atoms with Gasteiger partial charge in [-0.3, -0.25) is 15.0 Å². The van der Waals surface area contributed by atoms with Gasteiger partial charge >= 0.3 is 0 Å². The summed E-state index contributed by atoms with van der Waals surface area (Å²) in [5, 5.41) is 4.42. The molecule has 2 fully saturated rings. The molecule has 5 nitrogen and oxygen atoms in total. The number of nitrogens with zero attached hydrogens (tertiary/aromatic N) is 1. The van der Waals surface area contributed by atoms with Crippen molar-refractivity contribution in [2.24, 2.45) is 28.6 Å². The molecular formula is C21H24BrN3O2S. The number of anilines is 1. The van der Waals surface area contributed by atoms with E-state index in [9.17, 15) is 9.59 Å². The minimum atomic E-state index is -0.333. The van der Waals surface area contributed by atoms with Crippen LogP contribution in [0, 0.1) is 28.6 Å². The van der Waals surface area contributed by atoms with E-state index in [0.717, 1.165) is 28.0 Å². The number of amides is 2. The maximum absolute atomic E-state index is 13.4. The molecule has 1 saturated carbocycles. The first kappa shape index (κ1) is 19.6. The number of benzene rings is 1. The lowest BCUT2D eigenvalue weighted by Crippen LogP contribution is -2.53. The summed E-state index contributed by atoms with van der Waals surface area (Å²) in [5.41, 5.74) is 3.09. The van der Waals surface area contributed by atoms with Crippen LogP contribution in [0.25, 0.3) is 0 Å². The van der Waals surface area contributed by atoms with Crippen LogP contribution in [0.5, 0.6) is 0 Å². The second kappa shape index (κ2) is 6.66. The van der Waals surface area contributed by atoms with Crippen molar-refractivity contribution < 1.29 is 9.59 Å². The Balaban J connectivity index is 1.60. The highest BCUT2D eigenvalue weighted by molar-refractivity contribution is 9.10. The standard InChI is InChI=1S/C21H24BrN3O2S/c1-12(2)21-10-8-20(3,9-11-21)15-16(21)18(27)25(17(15)26)24-19(28)23-14-7-5-4-6-13(14)22/h4-8,10,12,15-16H,9,11H2,1-3H3,(H2,23,24,28). The lowest BCUT2D eigenvalue weighted by molar-refractivity contribution is -0.142. The molecule has 1 aromatic rings. The molecule has 1 aromatic carbocycles. The summed E-state index contributed by atoms with van der Waals surface area (Å²) in [4.78, 5) is 26.6. The fraction of sp³-hybridized carbons (Fsp3) is 0.476. The van der Waals surface area contributed by atoms with Crippen LogP contribution in [0.1, 0.15) is 33.6 Å². The predicted octanol–water partition coefficient (Wildman–Crippen LogP) is 4.26. The number of hydrazine groups is 1. The van der Waals surface area contributed by atoms with E-state index in [1.807, 2.05) is 24.3 Å². The monoisotopic (exact) mass is 461 g/mol. The molecule has 2 bridgehead atoms. The maximum atomic E-state index is 13.4. The van der Waals surface area contributed by atoms with Crippen molar-refractivity contribution in [1.82, 2.24) is 10.4 Å². The van der Waals surface area contributed by atoms with E-state index in [1.54, 1.807) is 0 Å². The lowest BCUT2D eigenvalue weighted by atomic mass is 9.46. The molecule has 4 aliphatic rings. The number of halogens is 1. The molecule has 1 heterocycles. The van der Waals surface area contributed by atoms with Crippen molar-refractivity contribution in [3.63, 3.8) is 0 Å². The number of carbonyl (C=O) groups excluding carboxylic acids is 2. The Morgan fingerprint density at radius 2 is 1.86 bits per heavy atom. The van der Waals surface area contributed by atoms with E-state index < -0.39 is 0 Å². The van der Waals surface area contributed by atoms with Gasteiger partial charge in [-0.15, -0.1) is 0 Å². The third kappa shape index (κ3) is 2.74. The molecule has 1 aliphatic heterocycles. The van der Waals surface area contributed by atoms with E-state index in [4.69, 9.17) is 12.2 Å². The first-order valence-electron chi connectivity index (χ1n) is 9.60. The normalized spacial score (nSPS) is 33.4. The topological polar surface area (TPSA) is 61.4 Å². The zero-order valence-electron chi connectivity index (χ0n) is 16.2. The Morgan fingerprint density at radius 3 is 2.46 bits per heavy atom. The van der Waals surface area contributed by atoms with Crippen molar-refractivity contribution in [3.8, 4) is 0 Å². The van der Waals surface area contributed by atoms with Gasteiger partial charge in [0.25, 0.3) is 11.8 Å². The van der Waals surface area contributed by atoms with Gasteiger partial charge in [0.15, 0.2) is 5.11 Å². The van der Waals surface area contributed by atoms with Crippen LogP contribution in [-0.2, 0) is 9.59 Å². The van der Waals surface area contributed by atoms with E-state index in [-0.39, 0.29) is 45.5 Å².